The summed E-state index contributed by atoms with van der Waals surface area (Å²) in [6.45, 7) is 0. The van der Waals surface area contributed by atoms with Gasteiger partial charge in [-0.3, -0.25) is 10.1 Å². The molecule has 0 bridgehead atoms. The summed E-state index contributed by atoms with van der Waals surface area (Å²) in [6, 6.07) is 11.4. The molecule has 0 aliphatic carbocycles. The van der Waals surface area contributed by atoms with Crippen LogP contribution in [-0.2, 0) is 0 Å². The van der Waals surface area contributed by atoms with E-state index in [9.17, 15) is 0 Å². The highest BCUT2D eigenvalue weighted by molar-refractivity contribution is 7.13. The molecule has 9 heteroatoms. The zero-order chi connectivity index (χ0) is 22.5. The van der Waals surface area contributed by atoms with Crippen molar-refractivity contribution >= 4 is 39.1 Å². The van der Waals surface area contributed by atoms with E-state index < -0.39 is 0 Å². The van der Waals surface area contributed by atoms with Crippen LogP contribution in [0.3, 0.4) is 0 Å². The first kappa shape index (κ1) is 19.6. The number of nitrogens with one attached hydrogen (secondary N) is 2. The molecule has 1 aromatic carbocycles. The van der Waals surface area contributed by atoms with Crippen LogP contribution < -0.4 is 4.90 Å². The predicted octanol–water partition coefficient (Wildman–Crippen LogP) is 5.50. The van der Waals surface area contributed by atoms with E-state index in [1.54, 1.807) is 29.9 Å². The fourth-order valence-corrected chi connectivity index (χ4v) is 4.66. The molecule has 6 rings (SSSR count). The maximum absolute atomic E-state index is 15.0. The van der Waals surface area contributed by atoms with Crippen molar-refractivity contribution in [3.05, 3.63) is 66.2 Å². The van der Waals surface area contributed by atoms with Gasteiger partial charge in [-0.25, -0.2) is 14.4 Å². The lowest BCUT2D eigenvalue weighted by Crippen LogP contribution is -2.08. The van der Waals surface area contributed by atoms with Crippen molar-refractivity contribution < 1.29 is 4.39 Å². The summed E-state index contributed by atoms with van der Waals surface area (Å²) in [7, 11) is 3.89. The Balaban J connectivity index is 1.52. The number of hydrogen-bond donors (Lipinski definition) is 2. The van der Waals surface area contributed by atoms with Gasteiger partial charge in [-0.1, -0.05) is 6.07 Å². The number of halogens is 1. The van der Waals surface area contributed by atoms with Gasteiger partial charge < -0.3 is 9.88 Å². The SMILES string of the molecule is CN(C)c1cncc(-c2cc(F)c3[nH]nc(-c4nc5c(-c6cccs6)ccnc5[nH]4)c3c2)c1. The van der Waals surface area contributed by atoms with Crippen LogP contribution in [0.2, 0.25) is 0 Å². The molecule has 0 saturated heterocycles. The van der Waals surface area contributed by atoms with Crippen LogP contribution in [0.25, 0.3) is 55.2 Å². The Kier molecular flexibility index (Phi) is 4.44. The number of anilines is 1. The number of benzene rings is 1. The number of H-pyrrole nitrogens is 2. The Morgan fingerprint density at radius 1 is 1.06 bits per heavy atom. The molecule has 6 aromatic rings. The highest BCUT2D eigenvalue weighted by Gasteiger charge is 2.19. The van der Waals surface area contributed by atoms with E-state index in [0.29, 0.717) is 33.6 Å². The van der Waals surface area contributed by atoms with E-state index in [2.05, 4.69) is 31.2 Å². The van der Waals surface area contributed by atoms with Gasteiger partial charge in [-0.05, 0) is 41.3 Å². The molecule has 0 saturated carbocycles. The van der Waals surface area contributed by atoms with Crippen molar-refractivity contribution in [3.8, 4) is 33.1 Å². The number of aromatic nitrogens is 6. The molecule has 0 spiro atoms. The minimum absolute atomic E-state index is 0.331. The fraction of sp³-hybridized carbons (Fsp3) is 0.0833. The first-order valence-electron chi connectivity index (χ1n) is 10.3. The first-order chi connectivity index (χ1) is 16.1. The number of thiophene rings is 1. The number of hydrogen-bond acceptors (Lipinski definition) is 6. The molecule has 5 heterocycles. The minimum Gasteiger partial charge on any atom is -0.376 e. The summed E-state index contributed by atoms with van der Waals surface area (Å²) in [5, 5.41) is 9.87. The van der Waals surface area contributed by atoms with Crippen LogP contribution in [0.15, 0.2) is 60.4 Å². The minimum atomic E-state index is -0.384. The van der Waals surface area contributed by atoms with Gasteiger partial charge in [-0.2, -0.15) is 5.10 Å². The third-order valence-corrected chi connectivity index (χ3v) is 6.50. The van der Waals surface area contributed by atoms with Gasteiger partial charge in [0.05, 0.1) is 11.9 Å². The molecule has 0 aliphatic rings. The van der Waals surface area contributed by atoms with E-state index >= 15 is 4.39 Å². The second kappa shape index (κ2) is 7.49. The Morgan fingerprint density at radius 3 is 2.79 bits per heavy atom. The summed E-state index contributed by atoms with van der Waals surface area (Å²) in [6.07, 6.45) is 5.25. The highest BCUT2D eigenvalue weighted by atomic mass is 32.1. The Morgan fingerprint density at radius 2 is 1.97 bits per heavy atom. The molecule has 7 nitrogen and oxygen atoms in total. The van der Waals surface area contributed by atoms with Crippen LogP contribution in [0.4, 0.5) is 10.1 Å². The van der Waals surface area contributed by atoms with Crippen LogP contribution >= 0.6 is 11.3 Å². The zero-order valence-electron chi connectivity index (χ0n) is 17.8. The molecule has 0 radical (unpaired) electrons. The van der Waals surface area contributed by atoms with Gasteiger partial charge in [0.1, 0.15) is 22.5 Å². The van der Waals surface area contributed by atoms with E-state index in [1.807, 2.05) is 48.6 Å². The molecular formula is C24H18FN7S. The molecular weight excluding hydrogens is 437 g/mol. The standard InChI is InChI=1S/C24H18FN7S/c1-32(2)15-8-14(11-26-12-15)13-9-17-20(18(25)10-13)30-31-22(17)24-28-21-16(19-4-3-7-33-19)5-6-27-23(21)29-24/h3-12H,1-2H3,(H,30,31)(H,27,28,29). The number of fused-ring (bicyclic) bond motifs is 2. The third kappa shape index (κ3) is 3.25. The lowest BCUT2D eigenvalue weighted by Gasteiger charge is -2.13. The number of nitrogens with zero attached hydrogens (tertiary/aromatic N) is 5. The number of aromatic amines is 2. The first-order valence-corrected chi connectivity index (χ1v) is 11.2. The van der Waals surface area contributed by atoms with Crippen molar-refractivity contribution in [1.29, 1.82) is 0 Å². The molecule has 0 fully saturated rings. The summed E-state index contributed by atoms with van der Waals surface area (Å²) in [4.78, 5) is 19.9. The average Bonchev–Trinajstić information content (AvgIpc) is 3.57. The van der Waals surface area contributed by atoms with Crippen LogP contribution in [-0.4, -0.2) is 44.2 Å². The summed E-state index contributed by atoms with van der Waals surface area (Å²) in [5.41, 5.74) is 5.75. The largest absolute Gasteiger partial charge is 0.376 e. The normalized spacial score (nSPS) is 11.5. The highest BCUT2D eigenvalue weighted by Crippen LogP contribution is 2.35. The number of rotatable bonds is 4. The molecule has 5 aromatic heterocycles. The van der Waals surface area contributed by atoms with Crippen LogP contribution in [0.1, 0.15) is 0 Å². The van der Waals surface area contributed by atoms with Gasteiger partial charge in [0.25, 0.3) is 0 Å². The molecule has 2 N–H and O–H groups in total. The molecule has 0 amide bonds. The van der Waals surface area contributed by atoms with Gasteiger partial charge in [0.2, 0.25) is 0 Å². The van der Waals surface area contributed by atoms with E-state index in [4.69, 9.17) is 4.98 Å². The summed E-state index contributed by atoms with van der Waals surface area (Å²) >= 11 is 1.64. The van der Waals surface area contributed by atoms with Crippen molar-refractivity contribution in [2.45, 2.75) is 0 Å². The average molecular weight is 456 g/mol. The molecule has 162 valence electrons. The zero-order valence-corrected chi connectivity index (χ0v) is 18.6. The van der Waals surface area contributed by atoms with Crippen molar-refractivity contribution in [1.82, 2.24) is 30.1 Å². The summed E-state index contributed by atoms with van der Waals surface area (Å²) in [5.74, 6) is 0.148. The summed E-state index contributed by atoms with van der Waals surface area (Å²) < 4.78 is 15.0. The third-order valence-electron chi connectivity index (χ3n) is 5.59. The Bertz CT molecular complexity index is 1620. The van der Waals surface area contributed by atoms with Crippen LogP contribution in [0, 0.1) is 5.82 Å². The van der Waals surface area contributed by atoms with E-state index in [-0.39, 0.29) is 5.82 Å². The van der Waals surface area contributed by atoms with Gasteiger partial charge in [0.15, 0.2) is 11.5 Å². The van der Waals surface area contributed by atoms with Crippen molar-refractivity contribution in [3.63, 3.8) is 0 Å². The predicted molar refractivity (Wildman–Crippen MR) is 130 cm³/mol. The quantitative estimate of drug-likeness (QED) is 0.367. The van der Waals surface area contributed by atoms with Gasteiger partial charge >= 0.3 is 0 Å². The maximum atomic E-state index is 15.0. The number of pyridine rings is 2. The van der Waals surface area contributed by atoms with Crippen molar-refractivity contribution in [2.24, 2.45) is 0 Å². The fourth-order valence-electron chi connectivity index (χ4n) is 3.91. The lowest BCUT2D eigenvalue weighted by molar-refractivity contribution is 0.636. The Hall–Kier alpha value is -4.11. The van der Waals surface area contributed by atoms with E-state index in [1.165, 1.54) is 6.07 Å². The van der Waals surface area contributed by atoms with Crippen LogP contribution in [0.5, 0.6) is 0 Å². The molecule has 0 atom stereocenters. The molecule has 0 aliphatic heterocycles. The molecule has 0 unspecified atom stereocenters. The second-order valence-electron chi connectivity index (χ2n) is 7.90. The monoisotopic (exact) mass is 455 g/mol. The Labute approximate surface area is 192 Å². The van der Waals surface area contributed by atoms with Gasteiger partial charge in [0, 0.05) is 47.9 Å². The topological polar surface area (TPSA) is 86.4 Å². The maximum Gasteiger partial charge on any atom is 0.160 e. The van der Waals surface area contributed by atoms with Gasteiger partial charge in [-0.15, -0.1) is 11.3 Å². The number of imidazole rings is 1. The van der Waals surface area contributed by atoms with E-state index in [0.717, 1.165) is 27.2 Å². The lowest BCUT2D eigenvalue weighted by atomic mass is 10.0. The second-order valence-corrected chi connectivity index (χ2v) is 8.85. The smallest absolute Gasteiger partial charge is 0.160 e. The van der Waals surface area contributed by atoms with Crippen molar-refractivity contribution in [2.75, 3.05) is 19.0 Å². The molecule has 33 heavy (non-hydrogen) atoms.